The predicted octanol–water partition coefficient (Wildman–Crippen LogP) is 2.56. The van der Waals surface area contributed by atoms with E-state index in [-0.39, 0.29) is 6.42 Å². The Balaban J connectivity index is 1.73. The molecule has 0 unspecified atom stereocenters. The molecule has 154 valence electrons. The summed E-state index contributed by atoms with van der Waals surface area (Å²) in [6, 6.07) is 15.1. The smallest absolute Gasteiger partial charge is 0.325 e. The van der Waals surface area contributed by atoms with E-state index in [0.717, 1.165) is 10.5 Å². The molecule has 0 aliphatic carbocycles. The van der Waals surface area contributed by atoms with Crippen LogP contribution in [0.5, 0.6) is 5.75 Å². The van der Waals surface area contributed by atoms with Gasteiger partial charge in [-0.3, -0.25) is 14.5 Å². The van der Waals surface area contributed by atoms with Gasteiger partial charge in [-0.1, -0.05) is 31.2 Å². The lowest BCUT2D eigenvalue weighted by atomic mass is 9.87. The van der Waals surface area contributed by atoms with Crippen LogP contribution in [-0.4, -0.2) is 36.4 Å². The quantitative estimate of drug-likeness (QED) is 0.687. The highest BCUT2D eigenvalue weighted by Gasteiger charge is 2.51. The lowest BCUT2D eigenvalue weighted by Crippen LogP contribution is -2.44. The number of methoxy groups -OCH3 is 1. The number of imide groups is 1. The van der Waals surface area contributed by atoms with Gasteiger partial charge >= 0.3 is 6.03 Å². The topological polar surface area (TPSA) is 112 Å². The van der Waals surface area contributed by atoms with Crippen LogP contribution in [0.25, 0.3) is 0 Å². The molecule has 2 aromatic rings. The molecule has 8 heteroatoms. The minimum Gasteiger partial charge on any atom is -0.497 e. The predicted molar refractivity (Wildman–Crippen MR) is 110 cm³/mol. The van der Waals surface area contributed by atoms with E-state index >= 15 is 0 Å². The molecule has 8 nitrogen and oxygen atoms in total. The fraction of sp³-hybridized carbons (Fsp3) is 0.273. The van der Waals surface area contributed by atoms with Gasteiger partial charge in [-0.05, 0) is 41.8 Å². The Kier molecular flexibility index (Phi) is 6.02. The number of nitrogens with zero attached hydrogens (tertiary/aromatic N) is 2. The number of nitrogens with one attached hydrogen (secondary N) is 2. The van der Waals surface area contributed by atoms with E-state index in [1.54, 1.807) is 62.6 Å². The molecule has 0 saturated carbocycles. The second-order valence-corrected chi connectivity index (χ2v) is 6.89. The van der Waals surface area contributed by atoms with E-state index in [1.807, 2.05) is 0 Å². The Hall–Kier alpha value is -3.86. The van der Waals surface area contributed by atoms with Crippen molar-refractivity contribution in [1.29, 1.82) is 5.26 Å². The fourth-order valence-electron chi connectivity index (χ4n) is 3.43. The van der Waals surface area contributed by atoms with Gasteiger partial charge in [0.15, 0.2) is 0 Å². The molecular formula is C22H22N4O4. The Morgan fingerprint density at radius 3 is 2.40 bits per heavy atom. The molecule has 1 aliphatic rings. The maximum Gasteiger partial charge on any atom is 0.325 e. The lowest BCUT2D eigenvalue weighted by Gasteiger charge is -2.26. The molecule has 4 amide bonds. The van der Waals surface area contributed by atoms with Crippen molar-refractivity contribution >= 4 is 23.5 Å². The molecule has 1 saturated heterocycles. The standard InChI is InChI=1S/C22H22N4O4/c1-3-22(16-6-10-18(30-2)11-7-16)20(28)26(21(29)25-22)14-19(27)24-17-8-4-15(5-9-17)12-13-23/h4-11H,3,12,14H2,1-2H3,(H,24,27)(H,25,29)/t22-/m1/s1. The van der Waals surface area contributed by atoms with Gasteiger partial charge < -0.3 is 15.4 Å². The van der Waals surface area contributed by atoms with Crippen molar-refractivity contribution in [2.75, 3.05) is 19.0 Å². The summed E-state index contributed by atoms with van der Waals surface area (Å²) < 4.78 is 5.15. The van der Waals surface area contributed by atoms with Gasteiger partial charge in [0.1, 0.15) is 17.8 Å². The van der Waals surface area contributed by atoms with Crippen LogP contribution in [0.15, 0.2) is 48.5 Å². The third kappa shape index (κ3) is 3.96. The van der Waals surface area contributed by atoms with E-state index in [4.69, 9.17) is 10.00 Å². The average Bonchev–Trinajstić information content (AvgIpc) is 3.00. The van der Waals surface area contributed by atoms with Gasteiger partial charge in [-0.25, -0.2) is 4.79 Å². The molecule has 1 aliphatic heterocycles. The summed E-state index contributed by atoms with van der Waals surface area (Å²) in [6.07, 6.45) is 0.615. The second kappa shape index (κ2) is 8.66. The molecule has 1 fully saturated rings. The van der Waals surface area contributed by atoms with Crippen LogP contribution in [0, 0.1) is 11.3 Å². The van der Waals surface area contributed by atoms with Crippen LogP contribution in [0.1, 0.15) is 24.5 Å². The van der Waals surface area contributed by atoms with Crippen LogP contribution in [0.4, 0.5) is 10.5 Å². The van der Waals surface area contributed by atoms with Crippen LogP contribution < -0.4 is 15.4 Å². The van der Waals surface area contributed by atoms with Crippen LogP contribution in [-0.2, 0) is 21.5 Å². The third-order valence-electron chi connectivity index (χ3n) is 5.11. The van der Waals surface area contributed by atoms with Gasteiger partial charge in [0, 0.05) is 5.69 Å². The zero-order valence-corrected chi connectivity index (χ0v) is 16.8. The summed E-state index contributed by atoms with van der Waals surface area (Å²) in [5, 5.41) is 14.1. The molecule has 1 atom stereocenters. The molecule has 0 radical (unpaired) electrons. The second-order valence-electron chi connectivity index (χ2n) is 6.89. The number of carbonyl (C=O) groups is 3. The summed E-state index contributed by atoms with van der Waals surface area (Å²) in [6.45, 7) is 1.40. The number of benzene rings is 2. The van der Waals surface area contributed by atoms with Gasteiger partial charge in [0.05, 0.1) is 19.6 Å². The highest BCUT2D eigenvalue weighted by atomic mass is 16.5. The zero-order valence-electron chi connectivity index (χ0n) is 16.8. The number of ether oxygens (including phenoxy) is 1. The monoisotopic (exact) mass is 406 g/mol. The molecule has 2 N–H and O–H groups in total. The number of nitriles is 1. The summed E-state index contributed by atoms with van der Waals surface area (Å²) in [5.41, 5.74) is 0.755. The first kappa shape index (κ1) is 20.9. The molecule has 0 spiro atoms. The van der Waals surface area contributed by atoms with Gasteiger partial charge in [-0.15, -0.1) is 0 Å². The van der Waals surface area contributed by atoms with Crippen molar-refractivity contribution in [3.05, 3.63) is 59.7 Å². The lowest BCUT2D eigenvalue weighted by molar-refractivity contribution is -0.134. The summed E-state index contributed by atoms with van der Waals surface area (Å²) in [7, 11) is 1.55. The van der Waals surface area contributed by atoms with Crippen molar-refractivity contribution in [3.63, 3.8) is 0 Å². The normalized spacial score (nSPS) is 18.0. The molecule has 30 heavy (non-hydrogen) atoms. The number of anilines is 1. The maximum atomic E-state index is 13.1. The maximum absolute atomic E-state index is 13.1. The molecule has 2 aromatic carbocycles. The van der Waals surface area contributed by atoms with E-state index in [0.29, 0.717) is 23.4 Å². The summed E-state index contributed by atoms with van der Waals surface area (Å²) in [4.78, 5) is 39.0. The molecule has 3 rings (SSSR count). The Morgan fingerprint density at radius 2 is 1.83 bits per heavy atom. The highest BCUT2D eigenvalue weighted by molar-refractivity contribution is 6.10. The van der Waals surface area contributed by atoms with Gasteiger partial charge in [-0.2, -0.15) is 5.26 Å². The Morgan fingerprint density at radius 1 is 1.17 bits per heavy atom. The SMILES string of the molecule is CC[C@]1(c2ccc(OC)cc2)NC(=O)N(CC(=O)Nc2ccc(CC#N)cc2)C1=O. The number of rotatable bonds is 7. The Bertz CT molecular complexity index is 995. The number of urea groups is 1. The van der Waals surface area contributed by atoms with Crippen molar-refractivity contribution in [1.82, 2.24) is 10.2 Å². The van der Waals surface area contributed by atoms with Crippen molar-refractivity contribution in [2.45, 2.75) is 25.3 Å². The third-order valence-corrected chi connectivity index (χ3v) is 5.11. The van der Waals surface area contributed by atoms with E-state index < -0.39 is 29.9 Å². The van der Waals surface area contributed by atoms with Gasteiger partial charge in [0.2, 0.25) is 5.91 Å². The number of amides is 4. The number of hydrogen-bond acceptors (Lipinski definition) is 5. The first-order valence-corrected chi connectivity index (χ1v) is 9.48. The number of carbonyl (C=O) groups excluding carboxylic acids is 3. The van der Waals surface area contributed by atoms with Gasteiger partial charge in [0.25, 0.3) is 5.91 Å². The first-order chi connectivity index (χ1) is 14.4. The highest BCUT2D eigenvalue weighted by Crippen LogP contribution is 2.33. The molecule has 0 bridgehead atoms. The minimum atomic E-state index is -1.22. The zero-order chi connectivity index (χ0) is 21.7. The van der Waals surface area contributed by atoms with E-state index in [9.17, 15) is 14.4 Å². The van der Waals surface area contributed by atoms with Crippen LogP contribution in [0.3, 0.4) is 0 Å². The molecule has 0 aromatic heterocycles. The van der Waals surface area contributed by atoms with E-state index in [1.165, 1.54) is 0 Å². The summed E-state index contributed by atoms with van der Waals surface area (Å²) >= 11 is 0. The Labute approximate surface area is 174 Å². The largest absolute Gasteiger partial charge is 0.497 e. The van der Waals surface area contributed by atoms with Crippen molar-refractivity contribution in [2.24, 2.45) is 0 Å². The van der Waals surface area contributed by atoms with Crippen LogP contribution >= 0.6 is 0 Å². The van der Waals surface area contributed by atoms with Crippen molar-refractivity contribution in [3.8, 4) is 11.8 Å². The molecule has 1 heterocycles. The molecular weight excluding hydrogens is 384 g/mol. The fourth-order valence-corrected chi connectivity index (χ4v) is 3.43. The number of hydrogen-bond donors (Lipinski definition) is 2. The van der Waals surface area contributed by atoms with E-state index in [2.05, 4.69) is 16.7 Å². The average molecular weight is 406 g/mol. The van der Waals surface area contributed by atoms with Crippen LogP contribution in [0.2, 0.25) is 0 Å². The van der Waals surface area contributed by atoms with Crippen molar-refractivity contribution < 1.29 is 19.1 Å². The minimum absolute atomic E-state index is 0.279. The first-order valence-electron chi connectivity index (χ1n) is 9.48. The summed E-state index contributed by atoms with van der Waals surface area (Å²) in [5.74, 6) is -0.327.